The minimum atomic E-state index is -0.306. The lowest BCUT2D eigenvalue weighted by Gasteiger charge is -2.33. The molecule has 4 heteroatoms. The molecule has 54 heavy (non-hydrogen) atoms. The van der Waals surface area contributed by atoms with E-state index < -0.39 is 0 Å². The van der Waals surface area contributed by atoms with Gasteiger partial charge in [-0.2, -0.15) is 0 Å². The zero-order chi connectivity index (χ0) is 36.0. The largest absolute Gasteiger partial charge is 0.456 e. The van der Waals surface area contributed by atoms with Gasteiger partial charge in [0.1, 0.15) is 23.2 Å². The van der Waals surface area contributed by atoms with Crippen molar-refractivity contribution in [2.75, 3.05) is 7.05 Å². The predicted molar refractivity (Wildman–Crippen MR) is 224 cm³/mol. The van der Waals surface area contributed by atoms with Gasteiger partial charge in [-0.25, -0.2) is 9.98 Å². The van der Waals surface area contributed by atoms with Crippen LogP contribution in [0.4, 0.5) is 0 Å². The molecule has 8 aromatic carbocycles. The van der Waals surface area contributed by atoms with Crippen LogP contribution in [0.1, 0.15) is 22.9 Å². The molecule has 2 heterocycles. The summed E-state index contributed by atoms with van der Waals surface area (Å²) in [5, 5.41) is 4.54. The van der Waals surface area contributed by atoms with Gasteiger partial charge in [-0.1, -0.05) is 170 Å². The highest BCUT2D eigenvalue weighted by molar-refractivity contribution is 6.24. The van der Waals surface area contributed by atoms with Crippen LogP contribution in [-0.2, 0) is 0 Å². The van der Waals surface area contributed by atoms with Crippen LogP contribution >= 0.6 is 0 Å². The fourth-order valence-electron chi connectivity index (χ4n) is 7.78. The summed E-state index contributed by atoms with van der Waals surface area (Å²) in [5.41, 5.74) is 11.7. The Bertz CT molecular complexity index is 2870. The fraction of sp³-hybridized carbons (Fsp3) is 0.0400. The molecule has 0 radical (unpaired) electrons. The molecule has 1 aliphatic rings. The molecule has 1 unspecified atom stereocenters. The van der Waals surface area contributed by atoms with Crippen molar-refractivity contribution in [2.45, 2.75) is 6.17 Å². The number of rotatable bonds is 6. The third kappa shape index (κ3) is 5.56. The average molecular weight is 694 g/mol. The first kappa shape index (κ1) is 31.7. The van der Waals surface area contributed by atoms with Crippen LogP contribution in [0, 0.1) is 0 Å². The van der Waals surface area contributed by atoms with E-state index in [1.54, 1.807) is 0 Å². The molecule has 1 atom stereocenters. The number of hydrogen-bond acceptors (Lipinski definition) is 4. The molecule has 0 saturated carbocycles. The van der Waals surface area contributed by atoms with Gasteiger partial charge in [0, 0.05) is 28.9 Å². The van der Waals surface area contributed by atoms with Crippen molar-refractivity contribution in [3.05, 3.63) is 205 Å². The van der Waals surface area contributed by atoms with Gasteiger partial charge in [0.25, 0.3) is 0 Å². The zero-order valence-corrected chi connectivity index (χ0v) is 29.7. The number of furan rings is 1. The van der Waals surface area contributed by atoms with Crippen LogP contribution in [0.5, 0.6) is 0 Å². The van der Waals surface area contributed by atoms with Crippen molar-refractivity contribution in [1.29, 1.82) is 0 Å². The number of hydrogen-bond donors (Lipinski definition) is 0. The van der Waals surface area contributed by atoms with Crippen LogP contribution in [0.15, 0.2) is 202 Å². The van der Waals surface area contributed by atoms with E-state index in [1.807, 2.05) is 12.1 Å². The van der Waals surface area contributed by atoms with Crippen molar-refractivity contribution < 1.29 is 4.42 Å². The van der Waals surface area contributed by atoms with Gasteiger partial charge in [0.05, 0.1) is 0 Å². The van der Waals surface area contributed by atoms with Crippen molar-refractivity contribution in [1.82, 2.24) is 4.90 Å². The highest BCUT2D eigenvalue weighted by Gasteiger charge is 2.29. The minimum absolute atomic E-state index is 0.306. The molecule has 0 bridgehead atoms. The third-order valence-electron chi connectivity index (χ3n) is 10.5. The van der Waals surface area contributed by atoms with Crippen LogP contribution in [0.25, 0.3) is 66.1 Å². The molecule has 0 amide bonds. The Hall–Kier alpha value is -7.04. The summed E-state index contributed by atoms with van der Waals surface area (Å²) < 4.78 is 6.60. The lowest BCUT2D eigenvalue weighted by molar-refractivity contribution is 0.383. The molecule has 0 N–H and O–H groups in total. The number of aliphatic imine (C=N–C) groups is 2. The molecule has 256 valence electrons. The quantitative estimate of drug-likeness (QED) is 0.174. The van der Waals surface area contributed by atoms with Gasteiger partial charge in [0.2, 0.25) is 0 Å². The summed E-state index contributed by atoms with van der Waals surface area (Å²) >= 11 is 0. The lowest BCUT2D eigenvalue weighted by atomic mass is 9.95. The van der Waals surface area contributed by atoms with E-state index in [2.05, 4.69) is 188 Å². The first-order valence-corrected chi connectivity index (χ1v) is 18.3. The van der Waals surface area contributed by atoms with Crippen molar-refractivity contribution in [2.24, 2.45) is 9.98 Å². The summed E-state index contributed by atoms with van der Waals surface area (Å²) in [6, 6.07) is 66.1. The minimum Gasteiger partial charge on any atom is -0.456 e. The number of nitrogens with zero attached hydrogens (tertiary/aromatic N) is 3. The second-order valence-electron chi connectivity index (χ2n) is 13.8. The van der Waals surface area contributed by atoms with Crippen molar-refractivity contribution >= 4 is 44.4 Å². The average Bonchev–Trinajstić information content (AvgIpc) is 3.64. The molecule has 1 aliphatic heterocycles. The molecular formula is C50H35N3O. The number of benzene rings is 8. The van der Waals surface area contributed by atoms with Gasteiger partial charge < -0.3 is 9.32 Å². The summed E-state index contributed by atoms with van der Waals surface area (Å²) in [4.78, 5) is 12.9. The van der Waals surface area contributed by atoms with Gasteiger partial charge >= 0.3 is 0 Å². The lowest BCUT2D eigenvalue weighted by Crippen LogP contribution is -2.35. The van der Waals surface area contributed by atoms with Crippen molar-refractivity contribution in [3.63, 3.8) is 0 Å². The van der Waals surface area contributed by atoms with Gasteiger partial charge in [-0.05, 0) is 67.9 Å². The first-order chi connectivity index (χ1) is 26.7. The standard InChI is InChI=1S/C50H35N3O/c1-53-49(39-29-24-37(25-30-39)34-14-6-3-7-15-34)51-48(38-27-22-36(23-28-38)33-12-4-2-5-13-33)52-50(53)43-19-11-21-45-47(43)46-42(18-10-20-44(46)54-45)41-31-26-35-16-8-9-17-40(35)32-41/h2-32,49H,1H3. The van der Waals surface area contributed by atoms with Gasteiger partial charge in [0.15, 0.2) is 5.84 Å². The maximum absolute atomic E-state index is 6.60. The molecule has 0 saturated heterocycles. The Morgan fingerprint density at radius 1 is 0.444 bits per heavy atom. The van der Waals surface area contributed by atoms with Crippen LogP contribution < -0.4 is 0 Å². The Labute approximate surface area is 314 Å². The molecular weight excluding hydrogens is 659 g/mol. The van der Waals surface area contributed by atoms with E-state index in [9.17, 15) is 0 Å². The van der Waals surface area contributed by atoms with Crippen LogP contribution in [0.2, 0.25) is 0 Å². The van der Waals surface area contributed by atoms with E-state index in [0.717, 1.165) is 61.2 Å². The highest BCUT2D eigenvalue weighted by Crippen LogP contribution is 2.41. The molecule has 0 aliphatic carbocycles. The Morgan fingerprint density at radius 2 is 0.963 bits per heavy atom. The second kappa shape index (κ2) is 13.2. The van der Waals surface area contributed by atoms with Gasteiger partial charge in [-0.15, -0.1) is 0 Å². The van der Waals surface area contributed by atoms with E-state index in [-0.39, 0.29) is 6.17 Å². The number of amidine groups is 2. The van der Waals surface area contributed by atoms with Crippen LogP contribution in [0.3, 0.4) is 0 Å². The Kier molecular flexibility index (Phi) is 7.73. The van der Waals surface area contributed by atoms with E-state index >= 15 is 0 Å². The first-order valence-electron chi connectivity index (χ1n) is 18.3. The topological polar surface area (TPSA) is 41.1 Å². The maximum atomic E-state index is 6.60. The molecule has 10 rings (SSSR count). The zero-order valence-electron chi connectivity index (χ0n) is 29.7. The summed E-state index contributed by atoms with van der Waals surface area (Å²) in [6.45, 7) is 0. The Morgan fingerprint density at radius 3 is 1.63 bits per heavy atom. The smallest absolute Gasteiger partial charge is 0.159 e. The van der Waals surface area contributed by atoms with Gasteiger partial charge in [-0.3, -0.25) is 0 Å². The molecule has 0 fully saturated rings. The normalized spacial score (nSPS) is 14.4. The van der Waals surface area contributed by atoms with Crippen LogP contribution in [-0.4, -0.2) is 23.6 Å². The molecule has 9 aromatic rings. The molecule has 1 aromatic heterocycles. The monoisotopic (exact) mass is 693 g/mol. The van der Waals surface area contributed by atoms with E-state index in [1.165, 1.54) is 27.5 Å². The predicted octanol–water partition coefficient (Wildman–Crippen LogP) is 12.6. The van der Waals surface area contributed by atoms with E-state index in [4.69, 9.17) is 14.4 Å². The van der Waals surface area contributed by atoms with E-state index in [0.29, 0.717) is 5.84 Å². The summed E-state index contributed by atoms with van der Waals surface area (Å²) in [5.74, 6) is 1.53. The number of fused-ring (bicyclic) bond motifs is 4. The molecule has 4 nitrogen and oxygen atoms in total. The second-order valence-corrected chi connectivity index (χ2v) is 13.8. The van der Waals surface area contributed by atoms with Crippen molar-refractivity contribution in [3.8, 4) is 33.4 Å². The molecule has 0 spiro atoms. The highest BCUT2D eigenvalue weighted by atomic mass is 16.3. The summed E-state index contributed by atoms with van der Waals surface area (Å²) in [7, 11) is 2.10. The Balaban J connectivity index is 1.14. The third-order valence-corrected chi connectivity index (χ3v) is 10.5. The summed E-state index contributed by atoms with van der Waals surface area (Å²) in [6.07, 6.45) is -0.306. The maximum Gasteiger partial charge on any atom is 0.159 e. The SMILES string of the molecule is CN1C(c2cccc3oc4cccc(-c5ccc6ccccc6c5)c4c23)=NC(c2ccc(-c3ccccc3)cc2)=NC1c1ccc(-c2ccccc2)cc1. The fourth-order valence-corrected chi connectivity index (χ4v) is 7.78.